The number of nitrogens with one attached hydrogen (secondary N) is 1. The van der Waals surface area contributed by atoms with Gasteiger partial charge in [-0.15, -0.1) is 0 Å². The third kappa shape index (κ3) is 4.27. The second-order valence-corrected chi connectivity index (χ2v) is 5.46. The van der Waals surface area contributed by atoms with Crippen molar-refractivity contribution in [2.24, 2.45) is 5.73 Å². The molecule has 1 aromatic carbocycles. The van der Waals surface area contributed by atoms with E-state index in [-0.39, 0.29) is 12.5 Å². The second-order valence-electron chi connectivity index (χ2n) is 4.60. The maximum absolute atomic E-state index is 12.3. The molecular formula is C16H19BrN2O4. The topological polar surface area (TPSA) is 86.7 Å². The number of hydrogen-bond donors (Lipinski definition) is 2. The Morgan fingerprint density at radius 3 is 2.43 bits per heavy atom. The minimum absolute atomic E-state index is 0.245. The van der Waals surface area contributed by atoms with E-state index in [1.807, 2.05) is 13.8 Å². The zero-order valence-electron chi connectivity index (χ0n) is 13.0. The zero-order chi connectivity index (χ0) is 16.8. The molecule has 0 saturated heterocycles. The number of halogens is 1. The molecule has 124 valence electrons. The first-order chi connectivity index (χ1) is 11.1. The van der Waals surface area contributed by atoms with Gasteiger partial charge in [0.15, 0.2) is 11.5 Å². The fourth-order valence-electron chi connectivity index (χ4n) is 1.97. The van der Waals surface area contributed by atoms with Crippen molar-refractivity contribution in [1.82, 2.24) is 0 Å². The summed E-state index contributed by atoms with van der Waals surface area (Å²) >= 11 is 3.43. The number of ether oxygens (including phenoxy) is 2. The van der Waals surface area contributed by atoms with Gasteiger partial charge in [0.1, 0.15) is 12.0 Å². The third-order valence-corrected chi connectivity index (χ3v) is 3.65. The predicted molar refractivity (Wildman–Crippen MR) is 91.0 cm³/mol. The summed E-state index contributed by atoms with van der Waals surface area (Å²) in [4.78, 5) is 12.3. The van der Waals surface area contributed by atoms with Crippen LogP contribution < -0.4 is 20.5 Å². The normalized spacial score (nSPS) is 10.4. The van der Waals surface area contributed by atoms with Crippen LogP contribution >= 0.6 is 15.9 Å². The molecule has 1 aromatic heterocycles. The highest BCUT2D eigenvalue weighted by Gasteiger charge is 2.15. The number of carbonyl (C=O) groups is 1. The molecule has 0 aliphatic carbocycles. The van der Waals surface area contributed by atoms with E-state index in [9.17, 15) is 4.79 Å². The van der Waals surface area contributed by atoms with Crippen LogP contribution in [0.25, 0.3) is 0 Å². The standard InChI is InChI=1S/C16H19BrN2O4/c1-3-21-14-6-12(17)13(7-15(14)22-4-2)19-16(20)10-5-11(8-18)23-9-10/h5-7,9H,3-4,8,18H2,1-2H3,(H,19,20). The number of hydrogen-bond acceptors (Lipinski definition) is 5. The van der Waals surface area contributed by atoms with Gasteiger partial charge in [-0.3, -0.25) is 4.79 Å². The molecule has 0 unspecified atom stereocenters. The minimum atomic E-state index is -0.291. The number of carbonyl (C=O) groups excluding carboxylic acids is 1. The quantitative estimate of drug-likeness (QED) is 0.764. The molecule has 1 heterocycles. The predicted octanol–water partition coefficient (Wildman–Crippen LogP) is 3.55. The van der Waals surface area contributed by atoms with Crippen LogP contribution in [0, 0.1) is 0 Å². The van der Waals surface area contributed by atoms with Crippen molar-refractivity contribution in [3.05, 3.63) is 40.3 Å². The third-order valence-electron chi connectivity index (χ3n) is 3.00. The molecule has 23 heavy (non-hydrogen) atoms. The molecule has 0 bridgehead atoms. The van der Waals surface area contributed by atoms with E-state index in [1.165, 1.54) is 6.26 Å². The van der Waals surface area contributed by atoms with Crippen molar-refractivity contribution in [3.8, 4) is 11.5 Å². The Bertz CT molecular complexity index is 685. The Morgan fingerprint density at radius 1 is 1.22 bits per heavy atom. The Kier molecular flexibility index (Phi) is 6.06. The number of anilines is 1. The van der Waals surface area contributed by atoms with E-state index in [0.717, 1.165) is 0 Å². The molecule has 0 atom stereocenters. The first kappa shape index (κ1) is 17.4. The largest absolute Gasteiger partial charge is 0.490 e. The van der Waals surface area contributed by atoms with Gasteiger partial charge in [-0.25, -0.2) is 0 Å². The maximum atomic E-state index is 12.3. The van der Waals surface area contributed by atoms with Gasteiger partial charge < -0.3 is 24.9 Å². The number of furan rings is 1. The molecule has 3 N–H and O–H groups in total. The number of nitrogens with two attached hydrogens (primary N) is 1. The van der Waals surface area contributed by atoms with Crippen molar-refractivity contribution in [2.45, 2.75) is 20.4 Å². The highest BCUT2D eigenvalue weighted by molar-refractivity contribution is 9.10. The van der Waals surface area contributed by atoms with Crippen LogP contribution in [0.4, 0.5) is 5.69 Å². The highest BCUT2D eigenvalue weighted by Crippen LogP contribution is 2.37. The van der Waals surface area contributed by atoms with Gasteiger partial charge in [-0.05, 0) is 35.8 Å². The Balaban J connectivity index is 2.24. The van der Waals surface area contributed by atoms with E-state index in [2.05, 4.69) is 21.2 Å². The van der Waals surface area contributed by atoms with Crippen LogP contribution in [0.2, 0.25) is 0 Å². The average Bonchev–Trinajstić information content (AvgIpc) is 3.01. The van der Waals surface area contributed by atoms with Gasteiger partial charge in [-0.1, -0.05) is 0 Å². The molecule has 0 aliphatic heterocycles. The lowest BCUT2D eigenvalue weighted by Gasteiger charge is -2.14. The summed E-state index contributed by atoms with van der Waals surface area (Å²) in [7, 11) is 0. The SMILES string of the molecule is CCOc1cc(Br)c(NC(=O)c2coc(CN)c2)cc1OCC. The molecule has 0 saturated carbocycles. The van der Waals surface area contributed by atoms with Gasteiger partial charge in [0.25, 0.3) is 5.91 Å². The van der Waals surface area contributed by atoms with Crippen LogP contribution in [-0.4, -0.2) is 19.1 Å². The average molecular weight is 383 g/mol. The minimum Gasteiger partial charge on any atom is -0.490 e. The Labute approximate surface area is 143 Å². The van der Waals surface area contributed by atoms with E-state index >= 15 is 0 Å². The lowest BCUT2D eigenvalue weighted by molar-refractivity contribution is 0.102. The number of benzene rings is 1. The van der Waals surface area contributed by atoms with Gasteiger partial charge in [0, 0.05) is 16.6 Å². The summed E-state index contributed by atoms with van der Waals surface area (Å²) in [6, 6.07) is 5.10. The summed E-state index contributed by atoms with van der Waals surface area (Å²) in [5, 5.41) is 2.81. The van der Waals surface area contributed by atoms with Gasteiger partial charge in [0.2, 0.25) is 0 Å². The van der Waals surface area contributed by atoms with Crippen LogP contribution in [0.5, 0.6) is 11.5 Å². The molecular weight excluding hydrogens is 364 g/mol. The summed E-state index contributed by atoms with van der Waals surface area (Å²) in [6.07, 6.45) is 1.38. The first-order valence-corrected chi connectivity index (χ1v) is 8.06. The van der Waals surface area contributed by atoms with Gasteiger partial charge >= 0.3 is 0 Å². The number of amides is 1. The van der Waals surface area contributed by atoms with Crippen molar-refractivity contribution in [3.63, 3.8) is 0 Å². The van der Waals surface area contributed by atoms with Gasteiger partial charge in [-0.2, -0.15) is 0 Å². The van der Waals surface area contributed by atoms with E-state index < -0.39 is 0 Å². The molecule has 0 radical (unpaired) electrons. The molecule has 0 aliphatic rings. The van der Waals surface area contributed by atoms with Crippen molar-refractivity contribution < 1.29 is 18.7 Å². The molecule has 6 nitrogen and oxygen atoms in total. The van der Waals surface area contributed by atoms with E-state index in [0.29, 0.717) is 46.2 Å². The molecule has 0 spiro atoms. The zero-order valence-corrected chi connectivity index (χ0v) is 14.6. The Hall–Kier alpha value is -1.99. The van der Waals surface area contributed by atoms with Crippen molar-refractivity contribution in [1.29, 1.82) is 0 Å². The lowest BCUT2D eigenvalue weighted by atomic mass is 10.2. The van der Waals surface area contributed by atoms with Crippen molar-refractivity contribution in [2.75, 3.05) is 18.5 Å². The second kappa shape index (κ2) is 8.03. The number of rotatable bonds is 7. The molecule has 0 fully saturated rings. The van der Waals surface area contributed by atoms with Crippen LogP contribution in [0.15, 0.2) is 33.4 Å². The summed E-state index contributed by atoms with van der Waals surface area (Å²) in [5.41, 5.74) is 6.46. The van der Waals surface area contributed by atoms with Crippen LogP contribution in [0.3, 0.4) is 0 Å². The van der Waals surface area contributed by atoms with E-state index in [4.69, 9.17) is 19.6 Å². The van der Waals surface area contributed by atoms with Crippen LogP contribution in [-0.2, 0) is 6.54 Å². The summed E-state index contributed by atoms with van der Waals surface area (Å²) in [5.74, 6) is 1.45. The van der Waals surface area contributed by atoms with E-state index in [1.54, 1.807) is 18.2 Å². The fraction of sp³-hybridized carbons (Fsp3) is 0.312. The molecule has 2 rings (SSSR count). The molecule has 1 amide bonds. The first-order valence-electron chi connectivity index (χ1n) is 7.27. The maximum Gasteiger partial charge on any atom is 0.258 e. The lowest BCUT2D eigenvalue weighted by Crippen LogP contribution is -2.12. The summed E-state index contributed by atoms with van der Waals surface area (Å²) < 4.78 is 17.0. The molecule has 2 aromatic rings. The summed E-state index contributed by atoms with van der Waals surface area (Å²) in [6.45, 7) is 5.05. The molecule has 7 heteroatoms. The fourth-order valence-corrected chi connectivity index (χ4v) is 2.39. The highest BCUT2D eigenvalue weighted by atomic mass is 79.9. The Morgan fingerprint density at radius 2 is 1.87 bits per heavy atom. The van der Waals surface area contributed by atoms with Crippen LogP contribution in [0.1, 0.15) is 30.0 Å². The van der Waals surface area contributed by atoms with Crippen molar-refractivity contribution >= 4 is 27.5 Å². The smallest absolute Gasteiger partial charge is 0.258 e. The van der Waals surface area contributed by atoms with Gasteiger partial charge in [0.05, 0.1) is 31.0 Å². The monoisotopic (exact) mass is 382 g/mol.